The normalized spacial score (nSPS) is 16.3. The van der Waals surface area contributed by atoms with E-state index in [9.17, 15) is 14.0 Å². The van der Waals surface area contributed by atoms with E-state index in [1.807, 2.05) is 0 Å². The maximum atomic E-state index is 13.9. The molecule has 0 atom stereocenters. The fraction of sp³-hybridized carbons (Fsp3) is 0.0588. The van der Waals surface area contributed by atoms with Crippen LogP contribution in [0.2, 0.25) is 10.0 Å². The Labute approximate surface area is 152 Å². The number of hydrogen-bond donors (Lipinski definition) is 0. The molecular weight excluding hydrogens is 372 g/mol. The smallest absolute Gasteiger partial charge is 0.268 e. The van der Waals surface area contributed by atoms with Crippen molar-refractivity contribution in [3.05, 3.63) is 74.4 Å². The first-order valence-corrected chi connectivity index (χ1v) is 8.47. The first-order chi connectivity index (χ1) is 11.5. The van der Waals surface area contributed by atoms with Crippen LogP contribution < -0.4 is 0 Å². The summed E-state index contributed by atoms with van der Waals surface area (Å²) in [5.41, 5.74) is 0.864. The van der Waals surface area contributed by atoms with Crippen molar-refractivity contribution < 1.29 is 14.0 Å². The van der Waals surface area contributed by atoms with E-state index in [1.54, 1.807) is 30.3 Å². The summed E-state index contributed by atoms with van der Waals surface area (Å²) in [6.45, 7) is -0.200. The van der Waals surface area contributed by atoms with Gasteiger partial charge >= 0.3 is 0 Å². The first-order valence-electron chi connectivity index (χ1n) is 6.89. The van der Waals surface area contributed by atoms with Crippen LogP contribution in [0.15, 0.2) is 47.4 Å². The molecule has 3 nitrogen and oxygen atoms in total. The summed E-state index contributed by atoms with van der Waals surface area (Å²) in [5.74, 6) is -1.03. The highest BCUT2D eigenvalue weighted by Crippen LogP contribution is 2.34. The second-order valence-corrected chi connectivity index (χ2v) is 6.86. The number of nitrogens with zero attached hydrogens (tertiary/aromatic N) is 1. The molecular formula is C17H10Cl2FNO2S. The predicted octanol–water partition coefficient (Wildman–Crippen LogP) is 5.37. The van der Waals surface area contributed by atoms with Gasteiger partial charge in [0.05, 0.1) is 11.4 Å². The van der Waals surface area contributed by atoms with Crippen molar-refractivity contribution in [3.8, 4) is 0 Å². The van der Waals surface area contributed by atoms with Crippen LogP contribution in [0.1, 0.15) is 11.1 Å². The average Bonchev–Trinajstić information content (AvgIpc) is 2.80. The monoisotopic (exact) mass is 381 g/mol. The molecule has 1 aliphatic heterocycles. The van der Waals surface area contributed by atoms with Crippen LogP contribution >= 0.6 is 35.0 Å². The van der Waals surface area contributed by atoms with Crippen LogP contribution in [-0.2, 0) is 11.3 Å². The molecule has 1 aliphatic rings. The Kier molecular flexibility index (Phi) is 4.94. The van der Waals surface area contributed by atoms with Crippen LogP contribution in [0.4, 0.5) is 9.18 Å². The molecule has 0 aliphatic carbocycles. The van der Waals surface area contributed by atoms with E-state index in [-0.39, 0.29) is 22.0 Å². The summed E-state index contributed by atoms with van der Waals surface area (Å²) in [5, 5.41) is 0.296. The Morgan fingerprint density at radius 2 is 1.79 bits per heavy atom. The highest BCUT2D eigenvalue weighted by atomic mass is 35.5. The van der Waals surface area contributed by atoms with Crippen LogP contribution in [0.5, 0.6) is 0 Å². The van der Waals surface area contributed by atoms with Crippen molar-refractivity contribution in [1.82, 2.24) is 4.90 Å². The molecule has 1 heterocycles. The van der Waals surface area contributed by atoms with Crippen LogP contribution in [0, 0.1) is 5.82 Å². The molecule has 0 saturated carbocycles. The van der Waals surface area contributed by atoms with E-state index < -0.39 is 17.0 Å². The number of hydrogen-bond acceptors (Lipinski definition) is 3. The molecule has 122 valence electrons. The van der Waals surface area contributed by atoms with E-state index >= 15 is 0 Å². The fourth-order valence-corrected chi connectivity index (χ4v) is 3.38. The minimum Gasteiger partial charge on any atom is -0.268 e. The zero-order valence-electron chi connectivity index (χ0n) is 12.1. The number of carbonyl (C=O) groups is 2. The summed E-state index contributed by atoms with van der Waals surface area (Å²) in [6.07, 6.45) is 1.60. The topological polar surface area (TPSA) is 37.4 Å². The Morgan fingerprint density at radius 1 is 1.08 bits per heavy atom. The highest BCUT2D eigenvalue weighted by molar-refractivity contribution is 8.18. The number of imide groups is 1. The van der Waals surface area contributed by atoms with Gasteiger partial charge in [0.2, 0.25) is 0 Å². The van der Waals surface area contributed by atoms with Gasteiger partial charge in [-0.25, -0.2) is 4.39 Å². The Hall–Kier alpha value is -1.82. The molecule has 2 aromatic rings. The van der Waals surface area contributed by atoms with Gasteiger partial charge in [0.1, 0.15) is 5.82 Å². The molecule has 2 amide bonds. The maximum Gasteiger partial charge on any atom is 0.293 e. The van der Waals surface area contributed by atoms with Crippen LogP contribution in [-0.4, -0.2) is 16.0 Å². The Balaban J connectivity index is 1.85. The molecule has 0 aromatic heterocycles. The lowest BCUT2D eigenvalue weighted by molar-refractivity contribution is -0.123. The van der Waals surface area contributed by atoms with Crippen molar-refractivity contribution in [1.29, 1.82) is 0 Å². The van der Waals surface area contributed by atoms with Crippen molar-refractivity contribution in [2.45, 2.75) is 6.54 Å². The van der Waals surface area contributed by atoms with Crippen molar-refractivity contribution in [2.24, 2.45) is 0 Å². The van der Waals surface area contributed by atoms with E-state index in [4.69, 9.17) is 23.2 Å². The number of halogens is 3. The predicted molar refractivity (Wildman–Crippen MR) is 94.4 cm³/mol. The second-order valence-electron chi connectivity index (χ2n) is 5.02. The van der Waals surface area contributed by atoms with Gasteiger partial charge < -0.3 is 0 Å². The minimum absolute atomic E-state index is 0.120. The van der Waals surface area contributed by atoms with Gasteiger partial charge in [-0.2, -0.15) is 0 Å². The third kappa shape index (κ3) is 3.48. The van der Waals surface area contributed by atoms with Gasteiger partial charge in [0.15, 0.2) is 0 Å². The maximum absolute atomic E-state index is 13.9. The lowest BCUT2D eigenvalue weighted by atomic mass is 10.2. The van der Waals surface area contributed by atoms with Crippen LogP contribution in [0.3, 0.4) is 0 Å². The number of benzene rings is 2. The zero-order valence-corrected chi connectivity index (χ0v) is 14.5. The van der Waals surface area contributed by atoms with Gasteiger partial charge in [-0.1, -0.05) is 41.4 Å². The molecule has 24 heavy (non-hydrogen) atoms. The van der Waals surface area contributed by atoms with Gasteiger partial charge in [-0.3, -0.25) is 14.5 Å². The van der Waals surface area contributed by atoms with Gasteiger partial charge in [-0.05, 0) is 47.7 Å². The highest BCUT2D eigenvalue weighted by Gasteiger charge is 2.35. The van der Waals surface area contributed by atoms with E-state index in [2.05, 4.69) is 0 Å². The molecule has 0 radical (unpaired) electrons. The quantitative estimate of drug-likeness (QED) is 0.670. The first kappa shape index (κ1) is 17.0. The summed E-state index contributed by atoms with van der Waals surface area (Å²) in [4.78, 5) is 25.8. The number of rotatable bonds is 3. The molecule has 1 saturated heterocycles. The minimum atomic E-state index is -0.553. The summed E-state index contributed by atoms with van der Waals surface area (Å²) in [6, 6.07) is 11.1. The molecule has 0 bridgehead atoms. The number of amides is 2. The third-order valence-corrected chi connectivity index (χ3v) is 4.93. The SMILES string of the molecule is O=C1SC(=Cc2ccc(Cl)cc2)C(=O)N1Cc1c(F)cccc1Cl. The molecule has 2 aromatic carbocycles. The molecule has 0 N–H and O–H groups in total. The zero-order chi connectivity index (χ0) is 17.3. The van der Waals surface area contributed by atoms with Crippen molar-refractivity contribution in [3.63, 3.8) is 0 Å². The van der Waals surface area contributed by atoms with Gasteiger partial charge in [0.25, 0.3) is 11.1 Å². The van der Waals surface area contributed by atoms with Gasteiger partial charge in [-0.15, -0.1) is 0 Å². The van der Waals surface area contributed by atoms with Crippen LogP contribution in [0.25, 0.3) is 6.08 Å². The molecule has 0 spiro atoms. The van der Waals surface area contributed by atoms with E-state index in [0.29, 0.717) is 5.02 Å². The standard InChI is InChI=1S/C17H10Cl2FNO2S/c18-11-6-4-10(5-7-11)8-15-16(22)21(17(23)24-15)9-12-13(19)2-1-3-14(12)20/h1-8H,9H2. The lowest BCUT2D eigenvalue weighted by Gasteiger charge is -2.14. The molecule has 0 unspecified atom stereocenters. The average molecular weight is 382 g/mol. The Bertz CT molecular complexity index is 832. The molecule has 1 fully saturated rings. The van der Waals surface area contributed by atoms with E-state index in [0.717, 1.165) is 22.2 Å². The van der Waals surface area contributed by atoms with Crippen molar-refractivity contribution >= 4 is 52.2 Å². The van der Waals surface area contributed by atoms with Crippen molar-refractivity contribution in [2.75, 3.05) is 0 Å². The van der Waals surface area contributed by atoms with Gasteiger partial charge in [0, 0.05) is 15.6 Å². The molecule has 7 heteroatoms. The lowest BCUT2D eigenvalue weighted by Crippen LogP contribution is -2.28. The molecule has 3 rings (SSSR count). The Morgan fingerprint density at radius 3 is 2.46 bits per heavy atom. The number of carbonyl (C=O) groups excluding carboxylic acids is 2. The summed E-state index contributed by atoms with van der Waals surface area (Å²) < 4.78 is 13.9. The third-order valence-electron chi connectivity index (χ3n) is 3.42. The largest absolute Gasteiger partial charge is 0.293 e. The number of thioether (sulfide) groups is 1. The summed E-state index contributed by atoms with van der Waals surface area (Å²) >= 11 is 12.6. The summed E-state index contributed by atoms with van der Waals surface area (Å²) in [7, 11) is 0. The second kappa shape index (κ2) is 6.97. The fourth-order valence-electron chi connectivity index (χ4n) is 2.19. The van der Waals surface area contributed by atoms with E-state index in [1.165, 1.54) is 18.2 Å².